The minimum atomic E-state index is 0.106. The summed E-state index contributed by atoms with van der Waals surface area (Å²) in [5.74, 6) is 1.16. The van der Waals surface area contributed by atoms with Crippen LogP contribution >= 0.6 is 0 Å². The van der Waals surface area contributed by atoms with E-state index in [-0.39, 0.29) is 11.5 Å². The number of aryl methyl sites for hydroxylation is 1. The van der Waals surface area contributed by atoms with E-state index in [0.29, 0.717) is 0 Å². The van der Waals surface area contributed by atoms with Crippen molar-refractivity contribution in [2.24, 2.45) is 11.1 Å². The van der Waals surface area contributed by atoms with Gasteiger partial charge in [0.05, 0.1) is 11.0 Å². The predicted molar refractivity (Wildman–Crippen MR) is 81.2 cm³/mol. The Bertz CT molecular complexity index is 549. The zero-order valence-electron chi connectivity index (χ0n) is 12.5. The van der Waals surface area contributed by atoms with Crippen molar-refractivity contribution in [3.63, 3.8) is 0 Å². The second kappa shape index (κ2) is 5.33. The molecule has 0 saturated carbocycles. The number of nitrogens with two attached hydrogens (primary N) is 1. The highest BCUT2D eigenvalue weighted by atomic mass is 15.1. The maximum absolute atomic E-state index is 6.35. The largest absolute Gasteiger partial charge is 0.326 e. The number of para-hydroxylation sites is 2. The van der Waals surface area contributed by atoms with Crippen LogP contribution in [0.15, 0.2) is 24.3 Å². The van der Waals surface area contributed by atoms with Crippen LogP contribution in [0.25, 0.3) is 11.0 Å². The molecular weight excluding hydrogens is 234 g/mol. The van der Waals surface area contributed by atoms with Crippen molar-refractivity contribution in [1.29, 1.82) is 0 Å². The molecule has 0 spiro atoms. The zero-order chi connectivity index (χ0) is 14.0. The Hall–Kier alpha value is -1.35. The molecule has 1 unspecified atom stereocenters. The summed E-state index contributed by atoms with van der Waals surface area (Å²) in [5.41, 5.74) is 8.73. The van der Waals surface area contributed by atoms with Crippen LogP contribution in [0.5, 0.6) is 0 Å². The summed E-state index contributed by atoms with van der Waals surface area (Å²) in [7, 11) is 0. The van der Waals surface area contributed by atoms with Crippen LogP contribution in [-0.4, -0.2) is 15.6 Å². The number of rotatable bonds is 4. The zero-order valence-corrected chi connectivity index (χ0v) is 12.5. The van der Waals surface area contributed by atoms with Crippen LogP contribution in [0.2, 0.25) is 0 Å². The van der Waals surface area contributed by atoms with Gasteiger partial charge in [0.15, 0.2) is 0 Å². The standard InChI is InChI=1S/C16H25N3/c1-5-8-15-18-12-9-6-7-10-13(12)19(15)11-14(17)16(2,3)4/h6-7,9-10,14H,5,8,11,17H2,1-4H3. The normalized spacial score (nSPS) is 13.9. The second-order valence-electron chi connectivity index (χ2n) is 6.35. The van der Waals surface area contributed by atoms with Crippen LogP contribution in [0.3, 0.4) is 0 Å². The van der Waals surface area contributed by atoms with Gasteiger partial charge in [-0.2, -0.15) is 0 Å². The van der Waals surface area contributed by atoms with E-state index < -0.39 is 0 Å². The molecule has 1 aromatic carbocycles. The summed E-state index contributed by atoms with van der Waals surface area (Å²) >= 11 is 0. The Morgan fingerprint density at radius 2 is 1.95 bits per heavy atom. The summed E-state index contributed by atoms with van der Waals surface area (Å²) in [6.45, 7) is 9.59. The lowest BCUT2D eigenvalue weighted by molar-refractivity contribution is 0.291. The second-order valence-corrected chi connectivity index (χ2v) is 6.35. The van der Waals surface area contributed by atoms with Gasteiger partial charge in [-0.05, 0) is 24.0 Å². The van der Waals surface area contributed by atoms with Gasteiger partial charge in [0, 0.05) is 19.0 Å². The molecule has 2 rings (SSSR count). The minimum absolute atomic E-state index is 0.106. The van der Waals surface area contributed by atoms with E-state index in [1.165, 1.54) is 5.52 Å². The van der Waals surface area contributed by atoms with Crippen molar-refractivity contribution < 1.29 is 0 Å². The van der Waals surface area contributed by atoms with Gasteiger partial charge in [-0.1, -0.05) is 39.8 Å². The molecule has 3 heteroatoms. The summed E-state index contributed by atoms with van der Waals surface area (Å²) in [6, 6.07) is 8.45. The highest BCUT2D eigenvalue weighted by Crippen LogP contribution is 2.23. The highest BCUT2D eigenvalue weighted by molar-refractivity contribution is 5.75. The summed E-state index contributed by atoms with van der Waals surface area (Å²) in [6.07, 6.45) is 2.11. The van der Waals surface area contributed by atoms with Gasteiger partial charge in [-0.3, -0.25) is 0 Å². The molecule has 0 saturated heterocycles. The first-order valence-corrected chi connectivity index (χ1v) is 7.13. The average molecular weight is 259 g/mol. The van der Waals surface area contributed by atoms with E-state index in [0.717, 1.165) is 30.7 Å². The van der Waals surface area contributed by atoms with Crippen molar-refractivity contribution in [2.45, 2.75) is 53.1 Å². The molecule has 19 heavy (non-hydrogen) atoms. The number of benzene rings is 1. The summed E-state index contributed by atoms with van der Waals surface area (Å²) < 4.78 is 2.30. The van der Waals surface area contributed by atoms with Crippen molar-refractivity contribution >= 4 is 11.0 Å². The fourth-order valence-corrected chi connectivity index (χ4v) is 2.21. The number of imidazole rings is 1. The Morgan fingerprint density at radius 3 is 2.58 bits per heavy atom. The van der Waals surface area contributed by atoms with Crippen molar-refractivity contribution in [1.82, 2.24) is 9.55 Å². The van der Waals surface area contributed by atoms with E-state index in [2.05, 4.69) is 50.5 Å². The van der Waals surface area contributed by atoms with Crippen LogP contribution < -0.4 is 5.73 Å². The fraction of sp³-hybridized carbons (Fsp3) is 0.562. The first-order valence-electron chi connectivity index (χ1n) is 7.13. The molecule has 0 amide bonds. The molecule has 0 fully saturated rings. The van der Waals surface area contributed by atoms with Crippen LogP contribution in [0.4, 0.5) is 0 Å². The number of aromatic nitrogens is 2. The predicted octanol–water partition coefficient (Wildman–Crippen LogP) is 3.36. The third-order valence-corrected chi connectivity index (χ3v) is 3.70. The smallest absolute Gasteiger partial charge is 0.109 e. The summed E-state index contributed by atoms with van der Waals surface area (Å²) in [4.78, 5) is 4.74. The Balaban J connectivity index is 2.41. The quantitative estimate of drug-likeness (QED) is 0.915. The monoisotopic (exact) mass is 259 g/mol. The molecule has 0 aliphatic rings. The van der Waals surface area contributed by atoms with Gasteiger partial charge in [0.2, 0.25) is 0 Å². The van der Waals surface area contributed by atoms with Gasteiger partial charge in [0.1, 0.15) is 5.82 Å². The number of nitrogens with zero attached hydrogens (tertiary/aromatic N) is 2. The molecule has 3 nitrogen and oxygen atoms in total. The molecule has 0 aliphatic carbocycles. The number of fused-ring (bicyclic) bond motifs is 1. The van der Waals surface area contributed by atoms with Crippen LogP contribution in [0.1, 0.15) is 39.9 Å². The van der Waals surface area contributed by atoms with Gasteiger partial charge in [-0.25, -0.2) is 4.98 Å². The Kier molecular flexibility index (Phi) is 3.95. The maximum atomic E-state index is 6.35. The van der Waals surface area contributed by atoms with E-state index in [4.69, 9.17) is 10.7 Å². The first kappa shape index (κ1) is 14.1. The lowest BCUT2D eigenvalue weighted by Crippen LogP contribution is -2.39. The van der Waals surface area contributed by atoms with E-state index in [9.17, 15) is 0 Å². The van der Waals surface area contributed by atoms with Crippen molar-refractivity contribution in [3.05, 3.63) is 30.1 Å². The molecule has 104 valence electrons. The minimum Gasteiger partial charge on any atom is -0.326 e. The first-order chi connectivity index (χ1) is 8.93. The molecule has 0 aliphatic heterocycles. The third-order valence-electron chi connectivity index (χ3n) is 3.70. The van der Waals surface area contributed by atoms with Crippen LogP contribution in [-0.2, 0) is 13.0 Å². The van der Waals surface area contributed by atoms with E-state index >= 15 is 0 Å². The van der Waals surface area contributed by atoms with Gasteiger partial charge >= 0.3 is 0 Å². The van der Waals surface area contributed by atoms with E-state index in [1.54, 1.807) is 0 Å². The van der Waals surface area contributed by atoms with Gasteiger partial charge in [-0.15, -0.1) is 0 Å². The number of hydrogen-bond donors (Lipinski definition) is 1. The topological polar surface area (TPSA) is 43.8 Å². The Labute approximate surface area is 115 Å². The lowest BCUT2D eigenvalue weighted by Gasteiger charge is -2.28. The molecule has 1 heterocycles. The summed E-state index contributed by atoms with van der Waals surface area (Å²) in [5, 5.41) is 0. The van der Waals surface area contributed by atoms with Crippen molar-refractivity contribution in [2.75, 3.05) is 0 Å². The fourth-order valence-electron chi connectivity index (χ4n) is 2.21. The third kappa shape index (κ3) is 2.98. The molecule has 0 radical (unpaired) electrons. The lowest BCUT2D eigenvalue weighted by atomic mass is 9.87. The van der Waals surface area contributed by atoms with Gasteiger partial charge < -0.3 is 10.3 Å². The molecule has 1 aromatic heterocycles. The highest BCUT2D eigenvalue weighted by Gasteiger charge is 2.22. The molecule has 1 atom stereocenters. The molecule has 0 bridgehead atoms. The molecule has 2 aromatic rings. The van der Waals surface area contributed by atoms with E-state index in [1.807, 2.05) is 6.07 Å². The van der Waals surface area contributed by atoms with Crippen molar-refractivity contribution in [3.8, 4) is 0 Å². The molecule has 2 N–H and O–H groups in total. The SMILES string of the molecule is CCCc1nc2ccccc2n1CC(N)C(C)(C)C. The number of hydrogen-bond acceptors (Lipinski definition) is 2. The maximum Gasteiger partial charge on any atom is 0.109 e. The average Bonchev–Trinajstić information content (AvgIpc) is 2.67. The molecular formula is C16H25N3. The van der Waals surface area contributed by atoms with Crippen LogP contribution in [0, 0.1) is 5.41 Å². The Morgan fingerprint density at radius 1 is 1.26 bits per heavy atom. The van der Waals surface area contributed by atoms with Gasteiger partial charge in [0.25, 0.3) is 0 Å².